The minimum Gasteiger partial charge on any atom is -0.324 e. The van der Waals surface area contributed by atoms with E-state index in [0.717, 1.165) is 16.0 Å². The molecular formula is C16H15BrN2O3S. The van der Waals surface area contributed by atoms with Crippen molar-refractivity contribution in [1.82, 2.24) is 0 Å². The lowest BCUT2D eigenvalue weighted by Crippen LogP contribution is -2.14. The molecule has 0 aliphatic carbocycles. The highest BCUT2D eigenvalue weighted by Gasteiger charge is 2.12. The Labute approximate surface area is 146 Å². The van der Waals surface area contributed by atoms with Crippen LogP contribution in [0.4, 0.5) is 11.4 Å². The second-order valence-corrected chi connectivity index (χ2v) is 6.90. The van der Waals surface area contributed by atoms with Crippen LogP contribution in [0.15, 0.2) is 45.8 Å². The van der Waals surface area contributed by atoms with Crippen LogP contribution in [-0.4, -0.2) is 16.6 Å². The van der Waals surface area contributed by atoms with Gasteiger partial charge in [-0.15, -0.1) is 11.8 Å². The highest BCUT2D eigenvalue weighted by Crippen LogP contribution is 2.28. The first-order chi connectivity index (χ1) is 10.9. The predicted molar refractivity (Wildman–Crippen MR) is 96.1 cm³/mol. The molecule has 0 unspecified atom stereocenters. The smallest absolute Gasteiger partial charge is 0.270 e. The number of anilines is 1. The Kier molecular flexibility index (Phi) is 5.79. The summed E-state index contributed by atoms with van der Waals surface area (Å²) in [7, 11) is 0. The van der Waals surface area contributed by atoms with Crippen molar-refractivity contribution in [1.29, 1.82) is 0 Å². The highest BCUT2D eigenvalue weighted by atomic mass is 79.9. The van der Waals surface area contributed by atoms with Crippen molar-refractivity contribution in [3.05, 3.63) is 62.1 Å². The van der Waals surface area contributed by atoms with E-state index in [9.17, 15) is 14.9 Å². The fraction of sp³-hybridized carbons (Fsp3) is 0.188. The molecule has 7 heteroatoms. The van der Waals surface area contributed by atoms with Crippen LogP contribution in [0, 0.1) is 24.0 Å². The van der Waals surface area contributed by atoms with E-state index in [1.807, 2.05) is 26.0 Å². The van der Waals surface area contributed by atoms with E-state index >= 15 is 0 Å². The summed E-state index contributed by atoms with van der Waals surface area (Å²) >= 11 is 4.70. The van der Waals surface area contributed by atoms with Crippen molar-refractivity contribution in [3.63, 3.8) is 0 Å². The summed E-state index contributed by atoms with van der Waals surface area (Å²) in [6, 6.07) is 10.4. The van der Waals surface area contributed by atoms with Gasteiger partial charge in [0.1, 0.15) is 0 Å². The van der Waals surface area contributed by atoms with Crippen molar-refractivity contribution in [2.75, 3.05) is 11.1 Å². The molecule has 0 spiro atoms. The predicted octanol–water partition coefficient (Wildman–Crippen LogP) is 4.70. The van der Waals surface area contributed by atoms with Gasteiger partial charge in [-0.25, -0.2) is 0 Å². The zero-order valence-corrected chi connectivity index (χ0v) is 15.0. The molecule has 0 bridgehead atoms. The summed E-state index contributed by atoms with van der Waals surface area (Å²) in [5.41, 5.74) is 2.77. The molecule has 0 fully saturated rings. The molecule has 1 N–H and O–H groups in total. The van der Waals surface area contributed by atoms with E-state index in [4.69, 9.17) is 0 Å². The van der Waals surface area contributed by atoms with Gasteiger partial charge in [0.15, 0.2) is 0 Å². The minimum atomic E-state index is -0.479. The maximum absolute atomic E-state index is 12.1. The number of nitrogens with zero attached hydrogens (tertiary/aromatic N) is 1. The number of amides is 1. The Morgan fingerprint density at radius 3 is 2.65 bits per heavy atom. The van der Waals surface area contributed by atoms with Crippen LogP contribution in [-0.2, 0) is 4.79 Å². The minimum absolute atomic E-state index is 0.0281. The van der Waals surface area contributed by atoms with Gasteiger partial charge >= 0.3 is 0 Å². The van der Waals surface area contributed by atoms with Crippen LogP contribution in [0.2, 0.25) is 0 Å². The largest absolute Gasteiger partial charge is 0.324 e. The van der Waals surface area contributed by atoms with E-state index in [1.54, 1.807) is 0 Å². The monoisotopic (exact) mass is 394 g/mol. The molecule has 0 saturated heterocycles. The van der Waals surface area contributed by atoms with E-state index in [2.05, 4.69) is 27.3 Å². The number of nitro groups is 1. The van der Waals surface area contributed by atoms with Crippen molar-refractivity contribution in [3.8, 4) is 0 Å². The van der Waals surface area contributed by atoms with Crippen LogP contribution in [0.3, 0.4) is 0 Å². The van der Waals surface area contributed by atoms with Gasteiger partial charge in [-0.1, -0.05) is 17.7 Å². The average molecular weight is 395 g/mol. The maximum atomic E-state index is 12.1. The average Bonchev–Trinajstić information content (AvgIpc) is 2.50. The SMILES string of the molecule is Cc1ccc(C)c(SCC(=O)Nc2ccc([N+](=O)[O-])cc2Br)c1. The van der Waals surface area contributed by atoms with Crippen LogP contribution < -0.4 is 5.32 Å². The third kappa shape index (κ3) is 4.80. The molecule has 0 aromatic heterocycles. The van der Waals surface area contributed by atoms with Gasteiger partial charge in [0, 0.05) is 21.5 Å². The van der Waals surface area contributed by atoms with Gasteiger partial charge in [0.2, 0.25) is 5.91 Å². The number of benzene rings is 2. The number of thioether (sulfide) groups is 1. The van der Waals surface area contributed by atoms with Gasteiger partial charge in [0.05, 0.1) is 16.4 Å². The Bertz CT molecular complexity index is 765. The standard InChI is InChI=1S/C16H15BrN2O3S/c1-10-3-4-11(2)15(7-10)23-9-16(20)18-14-6-5-12(19(21)22)8-13(14)17/h3-8H,9H2,1-2H3,(H,18,20). The number of rotatable bonds is 5. The lowest BCUT2D eigenvalue weighted by molar-refractivity contribution is -0.384. The molecule has 23 heavy (non-hydrogen) atoms. The number of carbonyl (C=O) groups is 1. The molecule has 0 heterocycles. The van der Waals surface area contributed by atoms with Crippen LogP contribution in [0.5, 0.6) is 0 Å². The summed E-state index contributed by atoms with van der Waals surface area (Å²) in [4.78, 5) is 23.4. The molecule has 5 nitrogen and oxygen atoms in total. The molecule has 1 amide bonds. The van der Waals surface area contributed by atoms with Gasteiger partial charge in [-0.3, -0.25) is 14.9 Å². The quantitative estimate of drug-likeness (QED) is 0.452. The molecule has 0 saturated carbocycles. The third-order valence-corrected chi connectivity index (χ3v) is 4.95. The first-order valence-corrected chi connectivity index (χ1v) is 8.58. The summed E-state index contributed by atoms with van der Waals surface area (Å²) in [6.07, 6.45) is 0. The van der Waals surface area contributed by atoms with Crippen molar-refractivity contribution in [2.45, 2.75) is 18.7 Å². The van der Waals surface area contributed by atoms with Crippen molar-refractivity contribution >= 4 is 45.0 Å². The van der Waals surface area contributed by atoms with Crippen molar-refractivity contribution < 1.29 is 9.72 Å². The molecule has 0 atom stereocenters. The topological polar surface area (TPSA) is 72.2 Å². The Morgan fingerprint density at radius 2 is 2.00 bits per heavy atom. The fourth-order valence-electron chi connectivity index (χ4n) is 1.91. The maximum Gasteiger partial charge on any atom is 0.270 e. The highest BCUT2D eigenvalue weighted by molar-refractivity contribution is 9.10. The first-order valence-electron chi connectivity index (χ1n) is 6.80. The van der Waals surface area contributed by atoms with Gasteiger partial charge < -0.3 is 5.32 Å². The van der Waals surface area contributed by atoms with Crippen molar-refractivity contribution in [2.24, 2.45) is 0 Å². The van der Waals surface area contributed by atoms with E-state index in [0.29, 0.717) is 10.2 Å². The number of halogens is 1. The molecular weight excluding hydrogens is 380 g/mol. The van der Waals surface area contributed by atoms with E-state index in [-0.39, 0.29) is 17.3 Å². The van der Waals surface area contributed by atoms with E-state index in [1.165, 1.54) is 30.0 Å². The number of hydrogen-bond donors (Lipinski definition) is 1. The number of carbonyl (C=O) groups excluding carboxylic acids is 1. The van der Waals surface area contributed by atoms with Crippen LogP contribution in [0.25, 0.3) is 0 Å². The lowest BCUT2D eigenvalue weighted by Gasteiger charge is -2.09. The Hall–Kier alpha value is -1.86. The zero-order valence-electron chi connectivity index (χ0n) is 12.6. The zero-order chi connectivity index (χ0) is 17.0. The third-order valence-electron chi connectivity index (χ3n) is 3.14. The molecule has 2 aromatic rings. The molecule has 2 rings (SSSR count). The molecule has 2 aromatic carbocycles. The van der Waals surface area contributed by atoms with Gasteiger partial charge in [-0.2, -0.15) is 0 Å². The summed E-state index contributed by atoms with van der Waals surface area (Å²) in [5.74, 6) is 0.110. The molecule has 120 valence electrons. The van der Waals surface area contributed by atoms with Crippen LogP contribution >= 0.6 is 27.7 Å². The van der Waals surface area contributed by atoms with Crippen LogP contribution in [0.1, 0.15) is 11.1 Å². The summed E-state index contributed by atoms with van der Waals surface area (Å²) in [5, 5.41) is 13.5. The molecule has 0 aliphatic rings. The first kappa shape index (κ1) is 17.5. The lowest BCUT2D eigenvalue weighted by atomic mass is 10.2. The molecule has 0 aliphatic heterocycles. The number of aryl methyl sites for hydroxylation is 2. The number of hydrogen-bond acceptors (Lipinski definition) is 4. The number of nitrogens with one attached hydrogen (secondary N) is 1. The fourth-order valence-corrected chi connectivity index (χ4v) is 3.30. The second kappa shape index (κ2) is 7.61. The van der Waals surface area contributed by atoms with Gasteiger partial charge in [-0.05, 0) is 47.5 Å². The normalized spacial score (nSPS) is 10.4. The summed E-state index contributed by atoms with van der Waals surface area (Å²) in [6.45, 7) is 4.02. The number of nitro benzene ring substituents is 1. The second-order valence-electron chi connectivity index (χ2n) is 5.03. The molecule has 0 radical (unpaired) electrons. The Balaban J connectivity index is 2.00. The van der Waals surface area contributed by atoms with E-state index < -0.39 is 4.92 Å². The van der Waals surface area contributed by atoms with Gasteiger partial charge in [0.25, 0.3) is 5.69 Å². The summed E-state index contributed by atoms with van der Waals surface area (Å²) < 4.78 is 0.483. The Morgan fingerprint density at radius 1 is 1.26 bits per heavy atom. The number of non-ortho nitro benzene ring substituents is 1.